The second kappa shape index (κ2) is 3.51. The van der Waals surface area contributed by atoms with Crippen LogP contribution in [0.2, 0.25) is 0 Å². The van der Waals surface area contributed by atoms with Crippen molar-refractivity contribution < 1.29 is 10.0 Å². The molecule has 0 aromatic carbocycles. The predicted molar refractivity (Wildman–Crippen MR) is 41.9 cm³/mol. The minimum Gasteiger partial charge on any atom is -0.411 e. The maximum Gasteiger partial charge on any atom is 0.138 e. The molecule has 0 aromatic heterocycles. The third-order valence-electron chi connectivity index (χ3n) is 2.20. The Morgan fingerprint density at radius 3 is 2.82 bits per heavy atom. The first-order chi connectivity index (χ1) is 5.25. The van der Waals surface area contributed by atoms with Crippen molar-refractivity contribution in [3.05, 3.63) is 0 Å². The molecule has 11 heavy (non-hydrogen) atoms. The van der Waals surface area contributed by atoms with Gasteiger partial charge in [0.2, 0.25) is 0 Å². The van der Waals surface area contributed by atoms with Crippen LogP contribution in [0, 0.1) is 5.92 Å². The summed E-state index contributed by atoms with van der Waals surface area (Å²) < 4.78 is 0. The summed E-state index contributed by atoms with van der Waals surface area (Å²) in [6, 6.07) is 0. The van der Waals surface area contributed by atoms with Crippen LogP contribution in [0.15, 0.2) is 5.16 Å². The van der Waals surface area contributed by atoms with Crippen LogP contribution in [0.5, 0.6) is 0 Å². The van der Waals surface area contributed by atoms with Gasteiger partial charge < -0.3 is 5.21 Å². The van der Waals surface area contributed by atoms with Crippen molar-refractivity contribution in [2.75, 3.05) is 0 Å². The van der Waals surface area contributed by atoms with Crippen LogP contribution in [0.3, 0.4) is 0 Å². The highest BCUT2D eigenvalue weighted by Gasteiger charge is 2.24. The summed E-state index contributed by atoms with van der Waals surface area (Å²) in [4.78, 5) is 11.0. The molecule has 0 aromatic rings. The van der Waals surface area contributed by atoms with E-state index in [1.807, 2.05) is 0 Å². The van der Waals surface area contributed by atoms with Crippen molar-refractivity contribution in [3.8, 4) is 0 Å². The highest BCUT2D eigenvalue weighted by molar-refractivity contribution is 6.04. The fourth-order valence-corrected chi connectivity index (χ4v) is 1.55. The molecule has 62 valence electrons. The molecule has 3 heteroatoms. The van der Waals surface area contributed by atoms with E-state index in [4.69, 9.17) is 5.21 Å². The highest BCUT2D eigenvalue weighted by atomic mass is 16.4. The number of ketones is 1. The number of carbonyl (C=O) groups excluding carboxylic acids is 1. The Morgan fingerprint density at radius 1 is 1.64 bits per heavy atom. The van der Waals surface area contributed by atoms with Gasteiger partial charge in [-0.2, -0.15) is 0 Å². The van der Waals surface area contributed by atoms with Gasteiger partial charge in [0.05, 0.1) is 11.6 Å². The molecule has 1 atom stereocenters. The van der Waals surface area contributed by atoms with Crippen LogP contribution in [0.4, 0.5) is 0 Å². The molecule has 3 nitrogen and oxygen atoms in total. The van der Waals surface area contributed by atoms with Crippen molar-refractivity contribution in [2.45, 2.75) is 32.6 Å². The topological polar surface area (TPSA) is 49.7 Å². The van der Waals surface area contributed by atoms with Crippen LogP contribution < -0.4 is 0 Å². The molecule has 0 saturated heterocycles. The van der Waals surface area contributed by atoms with E-state index in [-0.39, 0.29) is 11.7 Å². The van der Waals surface area contributed by atoms with Crippen LogP contribution in [0.25, 0.3) is 0 Å². The molecule has 1 saturated carbocycles. The number of carbonyl (C=O) groups is 1. The van der Waals surface area contributed by atoms with Gasteiger partial charge in [-0.25, -0.2) is 0 Å². The fourth-order valence-electron chi connectivity index (χ4n) is 1.55. The second-order valence-electron chi connectivity index (χ2n) is 3.00. The van der Waals surface area contributed by atoms with Gasteiger partial charge in [0.1, 0.15) is 5.78 Å². The fraction of sp³-hybridized carbons (Fsp3) is 0.750. The lowest BCUT2D eigenvalue weighted by atomic mass is 9.85. The lowest BCUT2D eigenvalue weighted by molar-refractivity contribution is -0.119. The minimum atomic E-state index is -0.103. The van der Waals surface area contributed by atoms with Crippen molar-refractivity contribution in [3.63, 3.8) is 0 Å². The highest BCUT2D eigenvalue weighted by Crippen LogP contribution is 2.22. The van der Waals surface area contributed by atoms with Crippen LogP contribution in [-0.2, 0) is 4.79 Å². The van der Waals surface area contributed by atoms with Gasteiger partial charge >= 0.3 is 0 Å². The molecule has 0 spiro atoms. The summed E-state index contributed by atoms with van der Waals surface area (Å²) in [5, 5.41) is 11.7. The van der Waals surface area contributed by atoms with E-state index in [2.05, 4.69) is 5.16 Å². The smallest absolute Gasteiger partial charge is 0.138 e. The molecule has 0 amide bonds. The lowest BCUT2D eigenvalue weighted by Crippen LogP contribution is -2.25. The third kappa shape index (κ3) is 1.79. The van der Waals surface area contributed by atoms with Gasteiger partial charge in [0.15, 0.2) is 0 Å². The summed E-state index contributed by atoms with van der Waals surface area (Å²) in [7, 11) is 0. The Kier molecular flexibility index (Phi) is 2.63. The zero-order valence-electron chi connectivity index (χ0n) is 6.71. The van der Waals surface area contributed by atoms with E-state index in [9.17, 15) is 4.79 Å². The zero-order chi connectivity index (χ0) is 8.27. The molecule has 1 fully saturated rings. The number of oxime groups is 1. The van der Waals surface area contributed by atoms with Gasteiger partial charge in [-0.05, 0) is 26.2 Å². The Balaban J connectivity index is 2.67. The Hall–Kier alpha value is -0.860. The Labute approximate surface area is 66.1 Å². The van der Waals surface area contributed by atoms with Gasteiger partial charge in [-0.3, -0.25) is 4.79 Å². The molecular weight excluding hydrogens is 142 g/mol. The maximum atomic E-state index is 11.0. The average molecular weight is 155 g/mol. The molecular formula is C8H13NO2. The molecule has 1 N–H and O–H groups in total. The molecule has 1 aliphatic rings. The summed E-state index contributed by atoms with van der Waals surface area (Å²) in [6.45, 7) is 1.56. The summed E-state index contributed by atoms with van der Waals surface area (Å²) >= 11 is 0. The summed E-state index contributed by atoms with van der Waals surface area (Å²) in [6.07, 6.45) is 3.75. The first-order valence-corrected chi connectivity index (χ1v) is 3.97. The van der Waals surface area contributed by atoms with Gasteiger partial charge in [-0.15, -0.1) is 0 Å². The largest absolute Gasteiger partial charge is 0.411 e. The van der Waals surface area contributed by atoms with E-state index in [1.165, 1.54) is 0 Å². The zero-order valence-corrected chi connectivity index (χ0v) is 6.71. The Morgan fingerprint density at radius 2 is 2.36 bits per heavy atom. The molecule has 0 aliphatic heterocycles. The van der Waals surface area contributed by atoms with E-state index >= 15 is 0 Å². The van der Waals surface area contributed by atoms with Crippen molar-refractivity contribution in [1.82, 2.24) is 0 Å². The third-order valence-corrected chi connectivity index (χ3v) is 2.20. The normalized spacial score (nSPS) is 28.8. The molecule has 1 unspecified atom stereocenters. The van der Waals surface area contributed by atoms with Crippen LogP contribution in [-0.4, -0.2) is 16.7 Å². The number of rotatable bonds is 1. The first-order valence-electron chi connectivity index (χ1n) is 3.97. The van der Waals surface area contributed by atoms with Crippen molar-refractivity contribution >= 4 is 11.5 Å². The van der Waals surface area contributed by atoms with E-state index < -0.39 is 0 Å². The molecule has 0 radical (unpaired) electrons. The molecule has 0 heterocycles. The van der Waals surface area contributed by atoms with Crippen LogP contribution in [0.1, 0.15) is 32.6 Å². The van der Waals surface area contributed by atoms with Crippen molar-refractivity contribution in [1.29, 1.82) is 0 Å². The SMILES string of the molecule is CC(=O)C1CCCCC1=NO. The summed E-state index contributed by atoms with van der Waals surface area (Å²) in [5.41, 5.74) is 0.670. The number of hydrogen-bond acceptors (Lipinski definition) is 3. The maximum absolute atomic E-state index is 11.0. The van der Waals surface area contributed by atoms with Gasteiger partial charge in [0, 0.05) is 0 Å². The van der Waals surface area contributed by atoms with E-state index in [0.29, 0.717) is 5.71 Å². The second-order valence-corrected chi connectivity index (χ2v) is 3.00. The van der Waals surface area contributed by atoms with Gasteiger partial charge in [-0.1, -0.05) is 11.6 Å². The standard InChI is InChI=1S/C8H13NO2/c1-6(10)7-4-2-3-5-8(7)9-11/h7,11H,2-5H2,1H3. The molecule has 0 bridgehead atoms. The predicted octanol–water partition coefficient (Wildman–Crippen LogP) is 1.60. The quantitative estimate of drug-likeness (QED) is 0.462. The number of Topliss-reactive ketones (excluding diaryl/α,β-unsaturated/α-hetero) is 1. The summed E-state index contributed by atoms with van der Waals surface area (Å²) in [5.74, 6) is 0.0197. The first kappa shape index (κ1) is 8.24. The average Bonchev–Trinajstić information content (AvgIpc) is 2.04. The van der Waals surface area contributed by atoms with E-state index in [1.54, 1.807) is 6.92 Å². The minimum absolute atomic E-state index is 0.103. The van der Waals surface area contributed by atoms with Gasteiger partial charge in [0.25, 0.3) is 0 Å². The molecule has 1 aliphatic carbocycles. The number of hydrogen-bond donors (Lipinski definition) is 1. The van der Waals surface area contributed by atoms with E-state index in [0.717, 1.165) is 25.7 Å². The van der Waals surface area contributed by atoms with Crippen molar-refractivity contribution in [2.24, 2.45) is 11.1 Å². The monoisotopic (exact) mass is 155 g/mol. The number of nitrogens with zero attached hydrogens (tertiary/aromatic N) is 1. The Bertz CT molecular complexity index is 187. The molecule has 1 rings (SSSR count). The lowest BCUT2D eigenvalue weighted by Gasteiger charge is -2.19. The van der Waals surface area contributed by atoms with Crippen LogP contribution >= 0.6 is 0 Å².